The highest BCUT2D eigenvalue weighted by Crippen LogP contribution is 2.45. The highest BCUT2D eigenvalue weighted by molar-refractivity contribution is 9.15. The Labute approximate surface area is 216 Å². The molecule has 12 heteroatoms. The molecule has 0 unspecified atom stereocenters. The van der Waals surface area contributed by atoms with E-state index < -0.39 is 36.3 Å². The second kappa shape index (κ2) is 10.0. The molecule has 168 valence electrons. The van der Waals surface area contributed by atoms with Crippen LogP contribution < -0.4 is 10.1 Å². The Balaban J connectivity index is 1.72. The molecule has 1 aliphatic heterocycles. The third kappa shape index (κ3) is 4.50. The molecule has 2 aromatic carbocycles. The molecule has 1 atom stereocenters. The predicted octanol–water partition coefficient (Wildman–Crippen LogP) is 4.91. The molecule has 3 amide bonds. The monoisotopic (exact) mass is 694 g/mol. The summed E-state index contributed by atoms with van der Waals surface area (Å²) in [7, 11) is 1.46. The van der Waals surface area contributed by atoms with Gasteiger partial charge >= 0.3 is 5.97 Å². The third-order valence-corrected chi connectivity index (χ3v) is 9.36. The first-order valence-electron chi connectivity index (χ1n) is 8.93. The number of carbonyl (C=O) groups is 4. The number of benzene rings is 2. The maximum absolute atomic E-state index is 13.0. The van der Waals surface area contributed by atoms with Crippen molar-refractivity contribution < 1.29 is 28.7 Å². The Morgan fingerprint density at radius 2 is 1.50 bits per heavy atom. The number of hydrogen-bond acceptors (Lipinski definition) is 6. The molecule has 1 heterocycles. The predicted molar refractivity (Wildman–Crippen MR) is 130 cm³/mol. The summed E-state index contributed by atoms with van der Waals surface area (Å²) in [6.45, 7) is 0.753. The quantitative estimate of drug-likeness (QED) is 0.199. The van der Waals surface area contributed by atoms with Crippen molar-refractivity contribution in [1.29, 1.82) is 0 Å². The molecule has 0 aliphatic carbocycles. The van der Waals surface area contributed by atoms with Crippen LogP contribution in [0.15, 0.2) is 42.2 Å². The number of nitrogens with one attached hydrogen (secondary N) is 1. The summed E-state index contributed by atoms with van der Waals surface area (Å²) in [6.07, 6.45) is 0. The van der Waals surface area contributed by atoms with E-state index in [2.05, 4.69) is 69.0 Å². The Morgan fingerprint density at radius 3 is 2.03 bits per heavy atom. The van der Waals surface area contributed by atoms with Gasteiger partial charge in [-0.3, -0.25) is 19.3 Å². The van der Waals surface area contributed by atoms with Gasteiger partial charge in [-0.15, -0.1) is 0 Å². The maximum atomic E-state index is 13.0. The molecule has 0 spiro atoms. The summed E-state index contributed by atoms with van der Waals surface area (Å²) >= 11 is 13.3. The Morgan fingerprint density at radius 1 is 0.969 bits per heavy atom. The number of anilines is 1. The lowest BCUT2D eigenvalue weighted by Crippen LogP contribution is -2.44. The molecule has 0 radical (unpaired) electrons. The number of imide groups is 1. The molecular formula is C20H14Br4N2O6. The van der Waals surface area contributed by atoms with E-state index in [1.165, 1.54) is 14.0 Å². The summed E-state index contributed by atoms with van der Waals surface area (Å²) in [4.78, 5) is 51.4. The molecule has 0 saturated carbocycles. The second-order valence-corrected chi connectivity index (χ2v) is 9.69. The van der Waals surface area contributed by atoms with Crippen molar-refractivity contribution in [1.82, 2.24) is 4.90 Å². The van der Waals surface area contributed by atoms with Gasteiger partial charge in [0.1, 0.15) is 11.8 Å². The second-order valence-electron chi connectivity index (χ2n) is 6.52. The van der Waals surface area contributed by atoms with Crippen LogP contribution in [0.5, 0.6) is 5.75 Å². The van der Waals surface area contributed by atoms with E-state index in [9.17, 15) is 19.2 Å². The van der Waals surface area contributed by atoms with E-state index in [4.69, 9.17) is 9.47 Å². The fourth-order valence-electron chi connectivity index (χ4n) is 3.02. The van der Waals surface area contributed by atoms with Gasteiger partial charge in [0, 0.05) is 17.9 Å². The molecule has 1 N–H and O–H groups in total. The van der Waals surface area contributed by atoms with Crippen molar-refractivity contribution in [2.45, 2.75) is 13.0 Å². The van der Waals surface area contributed by atoms with Gasteiger partial charge in [0.2, 0.25) is 0 Å². The first-order chi connectivity index (χ1) is 15.1. The van der Waals surface area contributed by atoms with Crippen molar-refractivity contribution in [3.05, 3.63) is 53.3 Å². The van der Waals surface area contributed by atoms with Crippen molar-refractivity contribution >= 4 is 93.1 Å². The molecule has 32 heavy (non-hydrogen) atoms. The number of para-hydroxylation sites is 2. The Hall–Kier alpha value is -1.76. The average Bonchev–Trinajstić information content (AvgIpc) is 3.04. The number of amides is 3. The minimum atomic E-state index is -1.25. The molecule has 2 aromatic rings. The van der Waals surface area contributed by atoms with Crippen LogP contribution in [-0.4, -0.2) is 48.3 Å². The van der Waals surface area contributed by atoms with Crippen LogP contribution in [0.2, 0.25) is 0 Å². The van der Waals surface area contributed by atoms with Gasteiger partial charge in [0.25, 0.3) is 17.7 Å². The number of fused-ring (bicyclic) bond motifs is 1. The summed E-state index contributed by atoms with van der Waals surface area (Å²) in [5.74, 6) is -2.38. The summed E-state index contributed by atoms with van der Waals surface area (Å²) in [5.41, 5.74) is 0.645. The smallest absolute Gasteiger partial charge is 0.329 e. The van der Waals surface area contributed by atoms with Crippen LogP contribution in [0.1, 0.15) is 27.6 Å². The van der Waals surface area contributed by atoms with E-state index in [1.807, 2.05) is 0 Å². The van der Waals surface area contributed by atoms with E-state index in [-0.39, 0.29) is 11.1 Å². The number of hydrogen-bond donors (Lipinski definition) is 1. The summed E-state index contributed by atoms with van der Waals surface area (Å²) in [5, 5.41) is 2.57. The van der Waals surface area contributed by atoms with E-state index in [1.54, 1.807) is 24.3 Å². The van der Waals surface area contributed by atoms with Crippen LogP contribution in [0.3, 0.4) is 0 Å². The number of nitrogens with zero attached hydrogens (tertiary/aromatic N) is 1. The minimum Gasteiger partial charge on any atom is -0.495 e. The molecule has 8 nitrogen and oxygen atoms in total. The van der Waals surface area contributed by atoms with Gasteiger partial charge in [-0.25, -0.2) is 4.79 Å². The third-order valence-electron chi connectivity index (χ3n) is 4.59. The average molecular weight is 698 g/mol. The molecule has 1 aliphatic rings. The fraction of sp³-hybridized carbons (Fsp3) is 0.200. The minimum absolute atomic E-state index is 0.116. The van der Waals surface area contributed by atoms with Crippen LogP contribution in [0.25, 0.3) is 0 Å². The first-order valence-corrected chi connectivity index (χ1v) is 12.1. The zero-order valence-electron chi connectivity index (χ0n) is 16.5. The highest BCUT2D eigenvalue weighted by atomic mass is 79.9. The van der Waals surface area contributed by atoms with Crippen molar-refractivity contribution in [2.75, 3.05) is 19.0 Å². The maximum Gasteiger partial charge on any atom is 0.329 e. The SMILES string of the molecule is COc1ccccc1NC(=O)COC(=O)[C@@H](C)N1C(=O)c2c(Br)c(Br)c(Br)c(Br)c2C1=O. The first kappa shape index (κ1) is 24.9. The molecule has 0 saturated heterocycles. The number of rotatable bonds is 6. The zero-order valence-corrected chi connectivity index (χ0v) is 22.8. The molecule has 0 aromatic heterocycles. The lowest BCUT2D eigenvalue weighted by atomic mass is 10.1. The topological polar surface area (TPSA) is 102 Å². The van der Waals surface area contributed by atoms with Crippen LogP contribution in [0.4, 0.5) is 5.69 Å². The zero-order chi connectivity index (χ0) is 23.7. The molecule has 3 rings (SSSR count). The number of esters is 1. The number of methoxy groups -OCH3 is 1. The highest BCUT2D eigenvalue weighted by Gasteiger charge is 2.45. The van der Waals surface area contributed by atoms with Gasteiger partial charge in [0.05, 0.1) is 23.9 Å². The Bertz CT molecular complexity index is 1110. The summed E-state index contributed by atoms with van der Waals surface area (Å²) < 4.78 is 12.0. The van der Waals surface area contributed by atoms with Crippen LogP contribution >= 0.6 is 63.7 Å². The van der Waals surface area contributed by atoms with E-state index >= 15 is 0 Å². The van der Waals surface area contributed by atoms with Gasteiger partial charge in [0.15, 0.2) is 6.61 Å². The normalized spacial score (nSPS) is 13.6. The number of halogens is 4. The van der Waals surface area contributed by atoms with Crippen LogP contribution in [-0.2, 0) is 14.3 Å². The van der Waals surface area contributed by atoms with Crippen LogP contribution in [0, 0.1) is 0 Å². The van der Waals surface area contributed by atoms with Crippen molar-refractivity contribution in [3.8, 4) is 5.75 Å². The van der Waals surface area contributed by atoms with E-state index in [0.717, 1.165) is 4.90 Å². The van der Waals surface area contributed by atoms with Gasteiger partial charge in [-0.1, -0.05) is 12.1 Å². The summed E-state index contributed by atoms with van der Waals surface area (Å²) in [6, 6.07) is 5.50. The van der Waals surface area contributed by atoms with Gasteiger partial charge < -0.3 is 14.8 Å². The van der Waals surface area contributed by atoms with Gasteiger partial charge in [-0.05, 0) is 82.8 Å². The molecule has 0 bridgehead atoms. The number of carbonyl (C=O) groups excluding carboxylic acids is 4. The lowest BCUT2D eigenvalue weighted by molar-refractivity contribution is -0.150. The van der Waals surface area contributed by atoms with Gasteiger partial charge in [-0.2, -0.15) is 0 Å². The fourth-order valence-corrected chi connectivity index (χ4v) is 5.47. The lowest BCUT2D eigenvalue weighted by Gasteiger charge is -2.21. The van der Waals surface area contributed by atoms with E-state index in [0.29, 0.717) is 29.3 Å². The molecule has 0 fully saturated rings. The molecular weight excluding hydrogens is 684 g/mol. The van der Waals surface area contributed by atoms with Crippen molar-refractivity contribution in [2.24, 2.45) is 0 Å². The standard InChI is InChI=1S/C20H14Br4N2O6/c1-8(20(30)32-7-11(27)25-9-5-3-4-6-10(9)31-2)26-18(28)12-13(19(26)29)15(22)17(24)16(23)14(12)21/h3-6,8H,7H2,1-2H3,(H,25,27)/t8-/m1/s1. The van der Waals surface area contributed by atoms with Crippen molar-refractivity contribution in [3.63, 3.8) is 0 Å². The largest absolute Gasteiger partial charge is 0.495 e. The Kier molecular flexibility index (Phi) is 7.79. The number of ether oxygens (including phenoxy) is 2.